The number of aromatic nitrogens is 2. The molecule has 1 aliphatic rings. The number of H-pyrrole nitrogens is 1. The molecule has 10 heteroatoms. The number of carbonyl (C=O) groups is 2. The molecule has 2 heterocycles. The maximum atomic E-state index is 13.9. The Morgan fingerprint density at radius 1 is 1.11 bits per heavy atom. The van der Waals surface area contributed by atoms with Gasteiger partial charge in [-0.3, -0.25) is 23.9 Å². The van der Waals surface area contributed by atoms with Crippen LogP contribution in [0.3, 0.4) is 0 Å². The topological polar surface area (TPSA) is 140 Å². The number of methoxy groups -OCH3 is 1. The number of ether oxygens (including phenoxy) is 1. The molecule has 0 bridgehead atoms. The molecule has 4 rings (SSSR count). The molecular weight excluding hydrogens is 450 g/mol. The number of benzene rings is 2. The van der Waals surface area contributed by atoms with Gasteiger partial charge in [0.2, 0.25) is 11.8 Å². The molecule has 1 unspecified atom stereocenters. The summed E-state index contributed by atoms with van der Waals surface area (Å²) in [5.41, 5.74) is 6.81. The molecule has 0 spiro atoms. The minimum Gasteiger partial charge on any atom is -0.385 e. The van der Waals surface area contributed by atoms with E-state index >= 15 is 0 Å². The van der Waals surface area contributed by atoms with Gasteiger partial charge in [0, 0.05) is 32.4 Å². The van der Waals surface area contributed by atoms with Gasteiger partial charge in [-0.25, -0.2) is 4.79 Å². The van der Waals surface area contributed by atoms with Gasteiger partial charge in [-0.1, -0.05) is 48.5 Å². The van der Waals surface area contributed by atoms with E-state index in [2.05, 4.69) is 10.3 Å². The quantitative estimate of drug-likeness (QED) is 0.422. The first-order chi connectivity index (χ1) is 16.9. The van der Waals surface area contributed by atoms with Crippen molar-refractivity contribution >= 4 is 29.0 Å². The number of nitrogens with zero attached hydrogens (tertiary/aromatic N) is 2. The molecule has 1 atom stereocenters. The Morgan fingerprint density at radius 3 is 2.57 bits per heavy atom. The van der Waals surface area contributed by atoms with Gasteiger partial charge in [-0.2, -0.15) is 0 Å². The number of nitrogen functional groups attached to an aromatic ring is 1. The van der Waals surface area contributed by atoms with Crippen molar-refractivity contribution in [3.8, 4) is 0 Å². The van der Waals surface area contributed by atoms with Crippen LogP contribution in [-0.2, 0) is 20.9 Å². The summed E-state index contributed by atoms with van der Waals surface area (Å²) < 4.78 is 6.36. The Bertz CT molecular complexity index is 1350. The molecule has 1 aromatic heterocycles. The zero-order valence-corrected chi connectivity index (χ0v) is 19.3. The number of anilines is 3. The predicted octanol–water partition coefficient (Wildman–Crippen LogP) is 1.66. The second-order valence-corrected chi connectivity index (χ2v) is 8.29. The van der Waals surface area contributed by atoms with E-state index < -0.39 is 23.1 Å². The highest BCUT2D eigenvalue weighted by atomic mass is 16.5. The maximum absolute atomic E-state index is 13.9. The number of aromatic amines is 1. The molecule has 0 radical (unpaired) electrons. The van der Waals surface area contributed by atoms with E-state index in [0.29, 0.717) is 24.3 Å². The third kappa shape index (κ3) is 5.02. The number of nitrogens with two attached hydrogens (primary N) is 1. The minimum atomic E-state index is -0.809. The van der Waals surface area contributed by atoms with Crippen molar-refractivity contribution < 1.29 is 14.3 Å². The Balaban J connectivity index is 1.79. The molecule has 0 saturated carbocycles. The number of rotatable bonds is 8. The summed E-state index contributed by atoms with van der Waals surface area (Å²) in [5.74, 6) is -1.68. The van der Waals surface area contributed by atoms with E-state index in [-0.39, 0.29) is 36.9 Å². The Labute approximate surface area is 201 Å². The number of nitrogens with one attached hydrogen (secondary N) is 2. The molecule has 2 amide bonds. The molecule has 0 aliphatic carbocycles. The van der Waals surface area contributed by atoms with Gasteiger partial charge in [-0.05, 0) is 23.6 Å². The van der Waals surface area contributed by atoms with Crippen LogP contribution < -0.4 is 27.2 Å². The monoisotopic (exact) mass is 477 g/mol. The van der Waals surface area contributed by atoms with Gasteiger partial charge in [-0.15, -0.1) is 0 Å². The molecule has 2 aromatic carbocycles. The third-order valence-corrected chi connectivity index (χ3v) is 5.96. The summed E-state index contributed by atoms with van der Waals surface area (Å²) in [4.78, 5) is 55.4. The number of carbonyl (C=O) groups excluding carboxylic acids is 2. The Kier molecular flexibility index (Phi) is 7.11. The fourth-order valence-corrected chi connectivity index (χ4v) is 4.28. The van der Waals surface area contributed by atoms with Crippen LogP contribution in [0.15, 0.2) is 64.2 Å². The van der Waals surface area contributed by atoms with Crippen LogP contribution in [-0.4, -0.2) is 41.6 Å². The van der Waals surface area contributed by atoms with E-state index in [9.17, 15) is 19.2 Å². The van der Waals surface area contributed by atoms with Crippen LogP contribution in [0.4, 0.5) is 17.2 Å². The highest BCUT2D eigenvalue weighted by Gasteiger charge is 2.35. The summed E-state index contributed by atoms with van der Waals surface area (Å²) in [7, 11) is 1.54. The van der Waals surface area contributed by atoms with Crippen LogP contribution in [0.25, 0.3) is 0 Å². The first-order valence-electron chi connectivity index (χ1n) is 11.3. The van der Waals surface area contributed by atoms with Gasteiger partial charge in [0.05, 0.1) is 12.5 Å². The molecule has 182 valence electrons. The number of fused-ring (bicyclic) bond motifs is 1. The summed E-state index contributed by atoms with van der Waals surface area (Å²) >= 11 is 0. The zero-order valence-electron chi connectivity index (χ0n) is 19.3. The first-order valence-corrected chi connectivity index (χ1v) is 11.3. The standard InChI is InChI=1S/C25H27N5O5/c1-35-13-7-12-29(24(33)18-14-20(31)27-19-11-6-5-10-17(18)19)21-22(26)30(25(34)28-23(21)32)15-16-8-3-2-4-9-16/h2-6,8-11,18H,7,12-15,26H2,1H3,(H,27,31)(H,28,32,34). The summed E-state index contributed by atoms with van der Waals surface area (Å²) in [5, 5.41) is 2.77. The lowest BCUT2D eigenvalue weighted by Gasteiger charge is -2.31. The molecule has 4 N–H and O–H groups in total. The van der Waals surface area contributed by atoms with Crippen LogP contribution in [0.5, 0.6) is 0 Å². The van der Waals surface area contributed by atoms with Crippen molar-refractivity contribution in [3.05, 3.63) is 86.6 Å². The second kappa shape index (κ2) is 10.4. The number of para-hydroxylation sites is 1. The Hall–Kier alpha value is -4.18. The third-order valence-electron chi connectivity index (χ3n) is 5.96. The smallest absolute Gasteiger partial charge is 0.330 e. The number of hydrogen-bond donors (Lipinski definition) is 3. The van der Waals surface area contributed by atoms with Gasteiger partial charge in [0.15, 0.2) is 5.69 Å². The normalized spacial score (nSPS) is 14.8. The Morgan fingerprint density at radius 2 is 1.83 bits per heavy atom. The van der Waals surface area contributed by atoms with Crippen LogP contribution in [0.2, 0.25) is 0 Å². The molecule has 1 aliphatic heterocycles. The van der Waals surface area contributed by atoms with E-state index in [1.54, 1.807) is 24.3 Å². The number of hydrogen-bond acceptors (Lipinski definition) is 6. The van der Waals surface area contributed by atoms with Crippen molar-refractivity contribution in [2.75, 3.05) is 36.2 Å². The molecule has 35 heavy (non-hydrogen) atoms. The van der Waals surface area contributed by atoms with Crippen molar-refractivity contribution in [2.24, 2.45) is 0 Å². The maximum Gasteiger partial charge on any atom is 0.330 e. The minimum absolute atomic E-state index is 0.0713. The van der Waals surface area contributed by atoms with Gasteiger partial charge >= 0.3 is 5.69 Å². The molecule has 0 saturated heterocycles. The van der Waals surface area contributed by atoms with E-state index in [0.717, 1.165) is 5.56 Å². The van der Waals surface area contributed by atoms with E-state index in [4.69, 9.17) is 10.5 Å². The van der Waals surface area contributed by atoms with Gasteiger partial charge in [0.25, 0.3) is 5.56 Å². The summed E-state index contributed by atoms with van der Waals surface area (Å²) in [6.45, 7) is 0.570. The largest absolute Gasteiger partial charge is 0.385 e. The van der Waals surface area contributed by atoms with Crippen molar-refractivity contribution in [2.45, 2.75) is 25.3 Å². The average Bonchev–Trinajstić information content (AvgIpc) is 2.85. The average molecular weight is 478 g/mol. The van der Waals surface area contributed by atoms with E-state index in [1.165, 1.54) is 16.6 Å². The molecule has 3 aromatic rings. The van der Waals surface area contributed by atoms with Crippen LogP contribution in [0.1, 0.15) is 29.9 Å². The van der Waals surface area contributed by atoms with Gasteiger partial charge < -0.3 is 20.7 Å². The highest BCUT2D eigenvalue weighted by Crippen LogP contribution is 2.34. The lowest BCUT2D eigenvalue weighted by Crippen LogP contribution is -2.45. The van der Waals surface area contributed by atoms with Gasteiger partial charge in [0.1, 0.15) is 5.82 Å². The first kappa shape index (κ1) is 24.0. The summed E-state index contributed by atoms with van der Waals surface area (Å²) in [6.07, 6.45) is 0.345. The second-order valence-electron chi connectivity index (χ2n) is 8.29. The zero-order chi connectivity index (χ0) is 24.9. The van der Waals surface area contributed by atoms with Crippen LogP contribution >= 0.6 is 0 Å². The van der Waals surface area contributed by atoms with Crippen LogP contribution in [0, 0.1) is 0 Å². The SMILES string of the molecule is COCCCN(C(=O)C1CC(=O)Nc2ccccc21)c1c(N)n(Cc2ccccc2)c(=O)[nH]c1=O. The van der Waals surface area contributed by atoms with Crippen molar-refractivity contribution in [1.82, 2.24) is 9.55 Å². The fourth-order valence-electron chi connectivity index (χ4n) is 4.28. The lowest BCUT2D eigenvalue weighted by atomic mass is 9.89. The van der Waals surface area contributed by atoms with E-state index in [1.807, 2.05) is 30.3 Å². The van der Waals surface area contributed by atoms with Crippen molar-refractivity contribution in [1.29, 1.82) is 0 Å². The highest BCUT2D eigenvalue weighted by molar-refractivity contribution is 6.06. The predicted molar refractivity (Wildman–Crippen MR) is 133 cm³/mol. The molecule has 0 fully saturated rings. The fraction of sp³-hybridized carbons (Fsp3) is 0.280. The lowest BCUT2D eigenvalue weighted by molar-refractivity contribution is -0.124. The molecule has 10 nitrogen and oxygen atoms in total. The number of amides is 2. The summed E-state index contributed by atoms with van der Waals surface area (Å²) in [6, 6.07) is 16.2. The van der Waals surface area contributed by atoms with Crippen molar-refractivity contribution in [3.63, 3.8) is 0 Å². The molecular formula is C25H27N5O5.